The lowest BCUT2D eigenvalue weighted by Gasteiger charge is -1.95. The molecule has 0 aromatic carbocycles. The molecule has 0 aliphatic carbocycles. The van der Waals surface area contributed by atoms with Crippen molar-refractivity contribution in [1.29, 1.82) is 0 Å². The van der Waals surface area contributed by atoms with E-state index in [1.54, 1.807) is 0 Å². The van der Waals surface area contributed by atoms with E-state index in [4.69, 9.17) is 0 Å². The fourth-order valence-electron chi connectivity index (χ4n) is 0.884. The summed E-state index contributed by atoms with van der Waals surface area (Å²) in [6.07, 6.45) is 4.50. The molecule has 1 rings (SSSR count). The van der Waals surface area contributed by atoms with Crippen LogP contribution >= 0.6 is 12.8 Å². The zero-order valence-corrected chi connectivity index (χ0v) is 7.46. The van der Waals surface area contributed by atoms with Gasteiger partial charge in [0.25, 0.3) is 0 Å². The van der Waals surface area contributed by atoms with Crippen molar-refractivity contribution in [2.45, 2.75) is 32.6 Å². The smallest absolute Gasteiger partial charge is 0.163 e. The van der Waals surface area contributed by atoms with Crippen LogP contribution in [0.15, 0.2) is 0 Å². The van der Waals surface area contributed by atoms with Gasteiger partial charge in [-0.3, -0.25) is 0 Å². The maximum atomic E-state index is 4.03. The molecule has 0 radical (unpaired) electrons. The van der Waals surface area contributed by atoms with Crippen LogP contribution in [0.25, 0.3) is 0 Å². The average Bonchev–Trinajstić information content (AvgIpc) is 2.37. The quantitative estimate of drug-likeness (QED) is 0.546. The molecule has 0 saturated heterocycles. The lowest BCUT2D eigenvalue weighted by molar-refractivity contribution is 0.690. The van der Waals surface area contributed by atoms with Crippen LogP contribution in [0.2, 0.25) is 0 Å². The second kappa shape index (κ2) is 4.33. The molecule has 62 valence electrons. The first-order chi connectivity index (χ1) is 5.34. The molecule has 0 bridgehead atoms. The van der Waals surface area contributed by atoms with Gasteiger partial charge in [0, 0.05) is 6.42 Å². The van der Waals surface area contributed by atoms with Crippen molar-refractivity contribution >= 4 is 12.8 Å². The van der Waals surface area contributed by atoms with Gasteiger partial charge in [-0.2, -0.15) is 4.09 Å². The van der Waals surface area contributed by atoms with Crippen molar-refractivity contribution in [3.05, 3.63) is 5.82 Å². The van der Waals surface area contributed by atoms with Gasteiger partial charge in [0.1, 0.15) is 0 Å². The molecule has 0 atom stereocenters. The van der Waals surface area contributed by atoms with Crippen LogP contribution in [0, 0.1) is 0 Å². The van der Waals surface area contributed by atoms with E-state index < -0.39 is 0 Å². The summed E-state index contributed by atoms with van der Waals surface area (Å²) in [6, 6.07) is 0. The zero-order valence-electron chi connectivity index (χ0n) is 6.56. The minimum atomic E-state index is 0.849. The number of unbranched alkanes of at least 4 members (excludes halogenated alkanes) is 2. The summed E-state index contributed by atoms with van der Waals surface area (Å²) in [4.78, 5) is 0. The van der Waals surface area contributed by atoms with E-state index in [0.717, 1.165) is 18.7 Å². The molecule has 0 aliphatic rings. The van der Waals surface area contributed by atoms with Crippen LogP contribution in [0.5, 0.6) is 0 Å². The number of thiol groups is 1. The number of hydrogen-bond donors (Lipinski definition) is 1. The first-order valence-electron chi connectivity index (χ1n) is 3.81. The molecule has 0 spiro atoms. The van der Waals surface area contributed by atoms with E-state index in [1.165, 1.54) is 16.9 Å². The fraction of sp³-hybridized carbons (Fsp3) is 0.833. The zero-order chi connectivity index (χ0) is 8.10. The van der Waals surface area contributed by atoms with Crippen molar-refractivity contribution in [1.82, 2.24) is 19.6 Å². The Bertz CT molecular complexity index is 210. The maximum absolute atomic E-state index is 4.03. The normalized spacial score (nSPS) is 10.4. The van der Waals surface area contributed by atoms with Gasteiger partial charge >= 0.3 is 0 Å². The van der Waals surface area contributed by atoms with E-state index in [1.807, 2.05) is 0 Å². The fourth-order valence-corrected chi connectivity index (χ4v) is 1.06. The molecule has 1 aromatic rings. The largest absolute Gasteiger partial charge is 0.173 e. The Kier molecular flexibility index (Phi) is 3.35. The molecule has 0 amide bonds. The Labute approximate surface area is 71.5 Å². The summed E-state index contributed by atoms with van der Waals surface area (Å²) in [7, 11) is 0. The highest BCUT2D eigenvalue weighted by Gasteiger charge is 2.00. The number of nitrogens with zero attached hydrogens (tertiary/aromatic N) is 4. The summed E-state index contributed by atoms with van der Waals surface area (Å²) in [6.45, 7) is 2.17. The highest BCUT2D eigenvalue weighted by Crippen LogP contribution is 2.02. The molecule has 5 heteroatoms. The highest BCUT2D eigenvalue weighted by molar-refractivity contribution is 7.78. The Morgan fingerprint density at radius 3 is 2.82 bits per heavy atom. The molecule has 1 aromatic heterocycles. The predicted molar refractivity (Wildman–Crippen MR) is 45.4 cm³/mol. The topological polar surface area (TPSA) is 43.6 Å². The third-order valence-corrected chi connectivity index (χ3v) is 1.83. The Morgan fingerprint density at radius 2 is 2.27 bits per heavy atom. The van der Waals surface area contributed by atoms with Crippen molar-refractivity contribution in [2.24, 2.45) is 0 Å². The first kappa shape index (κ1) is 8.52. The van der Waals surface area contributed by atoms with Crippen molar-refractivity contribution in [2.75, 3.05) is 0 Å². The van der Waals surface area contributed by atoms with Gasteiger partial charge in [-0.05, 0) is 29.7 Å². The molecule has 0 N–H and O–H groups in total. The number of aryl methyl sites for hydroxylation is 1. The monoisotopic (exact) mass is 172 g/mol. The van der Waals surface area contributed by atoms with Gasteiger partial charge in [0.2, 0.25) is 0 Å². The van der Waals surface area contributed by atoms with Crippen LogP contribution in [0.3, 0.4) is 0 Å². The molecule has 1 heterocycles. The standard InChI is InChI=1S/C6H12N4S/c1-2-3-4-5-6-7-8-9-10(6)11/h11H,2-5H2,1H3. The lowest BCUT2D eigenvalue weighted by atomic mass is 10.2. The molecule has 0 fully saturated rings. The number of tetrazole rings is 1. The van der Waals surface area contributed by atoms with Crippen LogP contribution in [0.4, 0.5) is 0 Å². The molecule has 0 saturated carbocycles. The Morgan fingerprint density at radius 1 is 1.45 bits per heavy atom. The molecular formula is C6H12N4S. The summed E-state index contributed by atoms with van der Waals surface area (Å²) in [5.74, 6) is 0.849. The second-order valence-corrected chi connectivity index (χ2v) is 2.82. The third-order valence-electron chi connectivity index (χ3n) is 1.52. The average molecular weight is 172 g/mol. The number of hydrogen-bond acceptors (Lipinski definition) is 4. The van der Waals surface area contributed by atoms with Crippen molar-refractivity contribution in [3.63, 3.8) is 0 Å². The van der Waals surface area contributed by atoms with Gasteiger partial charge in [0.15, 0.2) is 5.82 Å². The van der Waals surface area contributed by atoms with Crippen LogP contribution in [0.1, 0.15) is 32.0 Å². The number of rotatable bonds is 4. The van der Waals surface area contributed by atoms with Gasteiger partial charge in [-0.15, -0.1) is 5.10 Å². The van der Waals surface area contributed by atoms with Crippen LogP contribution < -0.4 is 0 Å². The third kappa shape index (κ3) is 2.49. The highest BCUT2D eigenvalue weighted by atomic mass is 32.1. The summed E-state index contributed by atoms with van der Waals surface area (Å²) in [5.41, 5.74) is 0. The molecule has 4 nitrogen and oxygen atoms in total. The molecular weight excluding hydrogens is 160 g/mol. The maximum Gasteiger partial charge on any atom is 0.163 e. The van der Waals surface area contributed by atoms with Crippen LogP contribution in [-0.4, -0.2) is 19.6 Å². The van der Waals surface area contributed by atoms with Crippen LogP contribution in [-0.2, 0) is 6.42 Å². The predicted octanol–water partition coefficient (Wildman–Crippen LogP) is 1.10. The van der Waals surface area contributed by atoms with E-state index in [2.05, 4.69) is 35.3 Å². The van der Waals surface area contributed by atoms with Gasteiger partial charge < -0.3 is 0 Å². The van der Waals surface area contributed by atoms with E-state index in [9.17, 15) is 0 Å². The lowest BCUT2D eigenvalue weighted by Crippen LogP contribution is -1.94. The number of aromatic nitrogens is 4. The second-order valence-electron chi connectivity index (χ2n) is 2.44. The van der Waals surface area contributed by atoms with E-state index >= 15 is 0 Å². The van der Waals surface area contributed by atoms with Gasteiger partial charge in [-0.25, -0.2) is 0 Å². The molecule has 11 heavy (non-hydrogen) atoms. The Balaban J connectivity index is 2.32. The van der Waals surface area contributed by atoms with E-state index in [-0.39, 0.29) is 0 Å². The summed E-state index contributed by atoms with van der Waals surface area (Å²) < 4.78 is 1.43. The van der Waals surface area contributed by atoms with Crippen molar-refractivity contribution < 1.29 is 0 Å². The molecule has 0 aliphatic heterocycles. The SMILES string of the molecule is CCCCCc1nnnn1S. The Hall–Kier alpha value is -0.580. The first-order valence-corrected chi connectivity index (χ1v) is 4.21. The van der Waals surface area contributed by atoms with E-state index in [0.29, 0.717) is 0 Å². The summed E-state index contributed by atoms with van der Waals surface area (Å²) >= 11 is 4.03. The minimum absolute atomic E-state index is 0.849. The molecule has 0 unspecified atom stereocenters. The van der Waals surface area contributed by atoms with Gasteiger partial charge in [-0.1, -0.05) is 19.8 Å². The van der Waals surface area contributed by atoms with Crippen molar-refractivity contribution in [3.8, 4) is 0 Å². The summed E-state index contributed by atoms with van der Waals surface area (Å²) in [5, 5.41) is 10.9. The van der Waals surface area contributed by atoms with Gasteiger partial charge in [0.05, 0.1) is 0 Å². The minimum Gasteiger partial charge on any atom is -0.173 e.